The van der Waals surface area contributed by atoms with Crippen molar-refractivity contribution in [3.63, 3.8) is 0 Å². The SMILES string of the molecule is Cn1nc(-c2ccccn2)c2c(NCc3ccccc3)nc(Cl)nc21. The Morgan fingerprint density at radius 2 is 1.84 bits per heavy atom. The summed E-state index contributed by atoms with van der Waals surface area (Å²) < 4.78 is 1.70. The normalized spacial score (nSPS) is 11.0. The quantitative estimate of drug-likeness (QED) is 0.568. The minimum Gasteiger partial charge on any atom is -0.365 e. The fourth-order valence-electron chi connectivity index (χ4n) is 2.71. The van der Waals surface area contributed by atoms with Gasteiger partial charge in [-0.05, 0) is 29.3 Å². The van der Waals surface area contributed by atoms with E-state index in [1.165, 1.54) is 0 Å². The number of nitrogens with zero attached hydrogens (tertiary/aromatic N) is 5. The van der Waals surface area contributed by atoms with Crippen molar-refractivity contribution in [1.29, 1.82) is 0 Å². The highest BCUT2D eigenvalue weighted by atomic mass is 35.5. The lowest BCUT2D eigenvalue weighted by molar-refractivity contribution is 0.787. The third kappa shape index (κ3) is 3.04. The predicted molar refractivity (Wildman–Crippen MR) is 98.3 cm³/mol. The van der Waals surface area contributed by atoms with E-state index in [0.29, 0.717) is 18.0 Å². The molecule has 0 aliphatic rings. The fraction of sp³-hybridized carbons (Fsp3) is 0.111. The van der Waals surface area contributed by atoms with Gasteiger partial charge in [-0.25, -0.2) is 4.68 Å². The molecule has 3 heterocycles. The Morgan fingerprint density at radius 3 is 2.60 bits per heavy atom. The van der Waals surface area contributed by atoms with Crippen molar-refractivity contribution in [3.05, 3.63) is 65.6 Å². The smallest absolute Gasteiger partial charge is 0.226 e. The Balaban J connectivity index is 1.82. The van der Waals surface area contributed by atoms with Crippen LogP contribution in [-0.2, 0) is 13.6 Å². The van der Waals surface area contributed by atoms with Crippen molar-refractivity contribution < 1.29 is 0 Å². The van der Waals surface area contributed by atoms with Crippen molar-refractivity contribution in [2.24, 2.45) is 7.05 Å². The molecule has 0 atom stereocenters. The largest absolute Gasteiger partial charge is 0.365 e. The number of pyridine rings is 1. The zero-order valence-corrected chi connectivity index (χ0v) is 14.3. The molecule has 3 aromatic heterocycles. The van der Waals surface area contributed by atoms with Gasteiger partial charge in [0, 0.05) is 19.8 Å². The van der Waals surface area contributed by atoms with Gasteiger partial charge in [-0.15, -0.1) is 0 Å². The third-order valence-corrected chi connectivity index (χ3v) is 4.04. The van der Waals surface area contributed by atoms with E-state index in [1.807, 2.05) is 43.4 Å². The molecule has 0 spiro atoms. The molecular formula is C18H15ClN6. The number of halogens is 1. The highest BCUT2D eigenvalue weighted by Gasteiger charge is 2.18. The maximum absolute atomic E-state index is 6.11. The van der Waals surface area contributed by atoms with Gasteiger partial charge in [0.25, 0.3) is 0 Å². The number of nitrogens with one attached hydrogen (secondary N) is 1. The number of anilines is 1. The van der Waals surface area contributed by atoms with Gasteiger partial charge in [0.1, 0.15) is 11.5 Å². The van der Waals surface area contributed by atoms with Crippen molar-refractivity contribution in [2.45, 2.75) is 6.54 Å². The van der Waals surface area contributed by atoms with Gasteiger partial charge >= 0.3 is 0 Å². The number of rotatable bonds is 4. The zero-order chi connectivity index (χ0) is 17.2. The fourth-order valence-corrected chi connectivity index (χ4v) is 2.88. The van der Waals surface area contributed by atoms with Gasteiger partial charge in [-0.3, -0.25) is 4.98 Å². The Bertz CT molecular complexity index is 1010. The van der Waals surface area contributed by atoms with Crippen LogP contribution in [0.2, 0.25) is 5.28 Å². The summed E-state index contributed by atoms with van der Waals surface area (Å²) >= 11 is 6.11. The van der Waals surface area contributed by atoms with E-state index in [1.54, 1.807) is 10.9 Å². The van der Waals surface area contributed by atoms with E-state index in [0.717, 1.165) is 22.3 Å². The van der Waals surface area contributed by atoms with Gasteiger partial charge < -0.3 is 5.32 Å². The molecule has 7 heteroatoms. The van der Waals surface area contributed by atoms with Crippen molar-refractivity contribution in [2.75, 3.05) is 5.32 Å². The molecule has 1 N–H and O–H groups in total. The molecule has 0 bridgehead atoms. The minimum absolute atomic E-state index is 0.179. The monoisotopic (exact) mass is 350 g/mol. The Morgan fingerprint density at radius 1 is 1.04 bits per heavy atom. The maximum Gasteiger partial charge on any atom is 0.226 e. The molecule has 0 unspecified atom stereocenters. The number of fused-ring (bicyclic) bond motifs is 1. The zero-order valence-electron chi connectivity index (χ0n) is 13.5. The third-order valence-electron chi connectivity index (χ3n) is 3.87. The first-order valence-corrected chi connectivity index (χ1v) is 8.19. The van der Waals surface area contributed by atoms with Crippen LogP contribution in [0.15, 0.2) is 54.7 Å². The highest BCUT2D eigenvalue weighted by molar-refractivity contribution is 6.29. The number of aryl methyl sites for hydroxylation is 1. The average Bonchev–Trinajstić information content (AvgIpc) is 2.98. The van der Waals surface area contributed by atoms with Gasteiger partial charge in [0.2, 0.25) is 5.28 Å². The molecule has 0 saturated carbocycles. The maximum atomic E-state index is 6.11. The summed E-state index contributed by atoms with van der Waals surface area (Å²) in [5.41, 5.74) is 3.30. The molecule has 0 amide bonds. The van der Waals surface area contributed by atoms with Crippen molar-refractivity contribution >= 4 is 28.5 Å². The summed E-state index contributed by atoms with van der Waals surface area (Å²) in [4.78, 5) is 13.1. The van der Waals surface area contributed by atoms with Gasteiger partial charge in [0.15, 0.2) is 5.65 Å². The Kier molecular flexibility index (Phi) is 4.03. The van der Waals surface area contributed by atoms with Crippen LogP contribution in [0, 0.1) is 0 Å². The van der Waals surface area contributed by atoms with Crippen LogP contribution in [0.4, 0.5) is 5.82 Å². The second kappa shape index (κ2) is 6.49. The number of hydrogen-bond donors (Lipinski definition) is 1. The van der Waals surface area contributed by atoms with Gasteiger partial charge in [0.05, 0.1) is 11.1 Å². The van der Waals surface area contributed by atoms with E-state index in [-0.39, 0.29) is 5.28 Å². The standard InChI is InChI=1S/C18H15ClN6/c1-25-17-14(15(24-25)13-9-5-6-10-20-13)16(22-18(19)23-17)21-11-12-7-3-2-4-8-12/h2-10H,11H2,1H3,(H,21,22,23). The molecule has 124 valence electrons. The van der Waals surface area contributed by atoms with Crippen LogP contribution in [-0.4, -0.2) is 24.7 Å². The Labute approximate surface area is 149 Å². The Hall–Kier alpha value is -2.99. The lowest BCUT2D eigenvalue weighted by atomic mass is 10.2. The molecule has 6 nitrogen and oxygen atoms in total. The first-order chi connectivity index (χ1) is 12.2. The van der Waals surface area contributed by atoms with E-state index in [9.17, 15) is 0 Å². The number of hydrogen-bond acceptors (Lipinski definition) is 5. The van der Waals surface area contributed by atoms with Gasteiger partial charge in [-0.1, -0.05) is 36.4 Å². The first kappa shape index (κ1) is 15.5. The summed E-state index contributed by atoms with van der Waals surface area (Å²) in [6.45, 7) is 0.625. The molecule has 25 heavy (non-hydrogen) atoms. The van der Waals surface area contributed by atoms with E-state index in [4.69, 9.17) is 11.6 Å². The summed E-state index contributed by atoms with van der Waals surface area (Å²) in [7, 11) is 1.83. The van der Waals surface area contributed by atoms with Gasteiger partial charge in [-0.2, -0.15) is 15.1 Å². The van der Waals surface area contributed by atoms with E-state index in [2.05, 4.69) is 37.5 Å². The van der Waals surface area contributed by atoms with E-state index >= 15 is 0 Å². The van der Waals surface area contributed by atoms with Crippen LogP contribution in [0.25, 0.3) is 22.4 Å². The first-order valence-electron chi connectivity index (χ1n) is 7.82. The van der Waals surface area contributed by atoms with Crippen LogP contribution in [0.5, 0.6) is 0 Å². The number of benzene rings is 1. The lowest BCUT2D eigenvalue weighted by Crippen LogP contribution is -2.03. The predicted octanol–water partition coefficient (Wildman–Crippen LogP) is 3.69. The molecule has 0 aliphatic carbocycles. The molecule has 4 aromatic rings. The van der Waals surface area contributed by atoms with Crippen LogP contribution in [0.1, 0.15) is 5.56 Å². The molecule has 0 fully saturated rings. The van der Waals surface area contributed by atoms with Crippen molar-refractivity contribution in [1.82, 2.24) is 24.7 Å². The van der Waals surface area contributed by atoms with Crippen LogP contribution >= 0.6 is 11.6 Å². The summed E-state index contributed by atoms with van der Waals surface area (Å²) in [5.74, 6) is 0.646. The summed E-state index contributed by atoms with van der Waals surface area (Å²) in [5, 5.41) is 8.91. The van der Waals surface area contributed by atoms with E-state index < -0.39 is 0 Å². The second-order valence-electron chi connectivity index (χ2n) is 5.57. The van der Waals surface area contributed by atoms with Crippen LogP contribution in [0.3, 0.4) is 0 Å². The molecular weight excluding hydrogens is 336 g/mol. The topological polar surface area (TPSA) is 68.5 Å². The summed E-state index contributed by atoms with van der Waals surface area (Å²) in [6.07, 6.45) is 1.74. The van der Waals surface area contributed by atoms with Crippen molar-refractivity contribution in [3.8, 4) is 11.4 Å². The molecule has 0 saturated heterocycles. The minimum atomic E-state index is 0.179. The average molecular weight is 351 g/mol. The number of aromatic nitrogens is 5. The molecule has 4 rings (SSSR count). The molecule has 1 aromatic carbocycles. The lowest BCUT2D eigenvalue weighted by Gasteiger charge is -2.08. The van der Waals surface area contributed by atoms with Crippen LogP contribution < -0.4 is 5.32 Å². The molecule has 0 aliphatic heterocycles. The molecule has 0 radical (unpaired) electrons. The summed E-state index contributed by atoms with van der Waals surface area (Å²) in [6, 6.07) is 15.8. The highest BCUT2D eigenvalue weighted by Crippen LogP contribution is 2.31. The second-order valence-corrected chi connectivity index (χ2v) is 5.90.